The van der Waals surface area contributed by atoms with Gasteiger partial charge in [0.25, 0.3) is 0 Å². The number of aliphatic hydroxyl groups is 2. The topological polar surface area (TPSA) is 40.5 Å². The fourth-order valence-electron chi connectivity index (χ4n) is 0.819. The standard InChI is InChI=1S/C7H8Cl2O2/c1-4-6(8)5(10)2-3-7(4,9)11/h2-4,10-11H,1H3. The highest BCUT2D eigenvalue weighted by molar-refractivity contribution is 6.32. The first-order chi connectivity index (χ1) is 4.95. The molecule has 2 N–H and O–H groups in total. The zero-order chi connectivity index (χ0) is 8.65. The smallest absolute Gasteiger partial charge is 0.165 e. The normalized spacial score (nSPS) is 38.0. The minimum atomic E-state index is -1.47. The molecule has 0 saturated heterocycles. The maximum absolute atomic E-state index is 9.38. The van der Waals surface area contributed by atoms with Gasteiger partial charge in [-0.3, -0.25) is 0 Å². The largest absolute Gasteiger partial charge is 0.507 e. The first-order valence-electron chi connectivity index (χ1n) is 3.14. The van der Waals surface area contributed by atoms with Gasteiger partial charge in [0.2, 0.25) is 0 Å². The van der Waals surface area contributed by atoms with Gasteiger partial charge in [-0.1, -0.05) is 30.1 Å². The Labute approximate surface area is 74.7 Å². The van der Waals surface area contributed by atoms with Crippen LogP contribution in [0.4, 0.5) is 0 Å². The second kappa shape index (κ2) is 2.70. The summed E-state index contributed by atoms with van der Waals surface area (Å²) in [5, 5.41) is 17.2. The highest BCUT2D eigenvalue weighted by Crippen LogP contribution is 2.36. The SMILES string of the molecule is CC1C(Cl)=C(O)C=CC1(O)Cl. The fourth-order valence-corrected chi connectivity index (χ4v) is 1.28. The number of rotatable bonds is 0. The molecule has 4 heteroatoms. The third-order valence-electron chi connectivity index (χ3n) is 1.71. The first-order valence-corrected chi connectivity index (χ1v) is 3.90. The predicted molar refractivity (Wildman–Crippen MR) is 44.6 cm³/mol. The van der Waals surface area contributed by atoms with Crippen molar-refractivity contribution in [3.05, 3.63) is 22.9 Å². The Bertz CT molecular complexity index is 231. The van der Waals surface area contributed by atoms with Gasteiger partial charge in [0.1, 0.15) is 5.76 Å². The van der Waals surface area contributed by atoms with Crippen LogP contribution < -0.4 is 0 Å². The van der Waals surface area contributed by atoms with Gasteiger partial charge in [0.05, 0.1) is 5.03 Å². The molecule has 0 saturated carbocycles. The molecule has 0 aromatic carbocycles. The summed E-state index contributed by atoms with van der Waals surface area (Å²) in [4.78, 5) is 0. The summed E-state index contributed by atoms with van der Waals surface area (Å²) in [7, 11) is 0. The number of aliphatic hydroxyl groups excluding tert-OH is 1. The summed E-state index contributed by atoms with van der Waals surface area (Å²) >= 11 is 11.3. The Kier molecular flexibility index (Phi) is 2.19. The molecular weight excluding hydrogens is 187 g/mol. The van der Waals surface area contributed by atoms with Gasteiger partial charge in [-0.15, -0.1) is 0 Å². The molecule has 0 bridgehead atoms. The van der Waals surface area contributed by atoms with Gasteiger partial charge in [-0.2, -0.15) is 0 Å². The Morgan fingerprint density at radius 1 is 1.64 bits per heavy atom. The molecule has 0 amide bonds. The molecule has 1 aliphatic carbocycles. The lowest BCUT2D eigenvalue weighted by atomic mass is 9.98. The van der Waals surface area contributed by atoms with E-state index < -0.39 is 11.0 Å². The number of hydrogen-bond acceptors (Lipinski definition) is 2. The lowest BCUT2D eigenvalue weighted by molar-refractivity contribution is 0.133. The lowest BCUT2D eigenvalue weighted by Gasteiger charge is -2.27. The molecule has 0 aliphatic heterocycles. The van der Waals surface area contributed by atoms with Crippen LogP contribution in [0.3, 0.4) is 0 Å². The molecule has 0 heterocycles. The summed E-state index contributed by atoms with van der Waals surface area (Å²) in [5.41, 5.74) is 0. The van der Waals surface area contributed by atoms with E-state index in [9.17, 15) is 5.11 Å². The molecule has 0 fully saturated rings. The molecule has 1 rings (SSSR count). The second-order valence-electron chi connectivity index (χ2n) is 2.52. The molecule has 2 unspecified atom stereocenters. The molecule has 0 aromatic rings. The van der Waals surface area contributed by atoms with E-state index >= 15 is 0 Å². The Hall–Kier alpha value is -0.180. The Morgan fingerprint density at radius 3 is 2.64 bits per heavy atom. The molecule has 2 nitrogen and oxygen atoms in total. The minimum absolute atomic E-state index is 0.0375. The monoisotopic (exact) mass is 194 g/mol. The molecule has 62 valence electrons. The van der Waals surface area contributed by atoms with E-state index in [1.807, 2.05) is 0 Å². The van der Waals surface area contributed by atoms with Crippen molar-refractivity contribution >= 4 is 23.2 Å². The van der Waals surface area contributed by atoms with Crippen LogP contribution in [0.1, 0.15) is 6.92 Å². The van der Waals surface area contributed by atoms with Crippen molar-refractivity contribution in [2.45, 2.75) is 12.0 Å². The van der Waals surface area contributed by atoms with E-state index in [0.717, 1.165) is 0 Å². The van der Waals surface area contributed by atoms with Gasteiger partial charge in [-0.25, -0.2) is 0 Å². The zero-order valence-electron chi connectivity index (χ0n) is 5.88. The van der Waals surface area contributed by atoms with Crippen molar-refractivity contribution in [1.82, 2.24) is 0 Å². The summed E-state index contributed by atoms with van der Waals surface area (Å²) in [6.45, 7) is 1.63. The lowest BCUT2D eigenvalue weighted by Crippen LogP contribution is -2.30. The highest BCUT2D eigenvalue weighted by atomic mass is 35.5. The van der Waals surface area contributed by atoms with Crippen LogP contribution in [0.2, 0.25) is 0 Å². The van der Waals surface area contributed by atoms with Crippen molar-refractivity contribution in [2.24, 2.45) is 5.92 Å². The molecule has 0 spiro atoms. The fraction of sp³-hybridized carbons (Fsp3) is 0.429. The van der Waals surface area contributed by atoms with Gasteiger partial charge in [0, 0.05) is 5.92 Å². The van der Waals surface area contributed by atoms with E-state index in [2.05, 4.69) is 0 Å². The van der Waals surface area contributed by atoms with Crippen LogP contribution in [0.5, 0.6) is 0 Å². The van der Waals surface area contributed by atoms with Crippen LogP contribution >= 0.6 is 23.2 Å². The molecule has 0 aromatic heterocycles. The number of alkyl halides is 1. The van der Waals surface area contributed by atoms with Crippen molar-refractivity contribution in [3.63, 3.8) is 0 Å². The third kappa shape index (κ3) is 1.53. The molecular formula is C7H8Cl2O2. The van der Waals surface area contributed by atoms with Gasteiger partial charge < -0.3 is 10.2 Å². The molecule has 2 atom stereocenters. The third-order valence-corrected chi connectivity index (χ3v) is 2.68. The predicted octanol–water partition coefficient (Wildman–Crippen LogP) is 2.13. The summed E-state index contributed by atoms with van der Waals surface area (Å²) in [5.74, 6) is -0.514. The van der Waals surface area contributed by atoms with Crippen LogP contribution in [0, 0.1) is 5.92 Å². The van der Waals surface area contributed by atoms with Crippen molar-refractivity contribution < 1.29 is 10.2 Å². The van der Waals surface area contributed by atoms with E-state index in [1.165, 1.54) is 12.2 Å². The van der Waals surface area contributed by atoms with E-state index in [4.69, 9.17) is 28.3 Å². The van der Waals surface area contributed by atoms with E-state index in [-0.39, 0.29) is 10.8 Å². The maximum atomic E-state index is 9.38. The highest BCUT2D eigenvalue weighted by Gasteiger charge is 2.34. The van der Waals surface area contributed by atoms with Gasteiger partial charge >= 0.3 is 0 Å². The first kappa shape index (κ1) is 8.91. The molecule has 0 radical (unpaired) electrons. The maximum Gasteiger partial charge on any atom is 0.165 e. The van der Waals surface area contributed by atoms with E-state index in [0.29, 0.717) is 0 Å². The van der Waals surface area contributed by atoms with E-state index in [1.54, 1.807) is 6.92 Å². The second-order valence-corrected chi connectivity index (χ2v) is 3.53. The zero-order valence-corrected chi connectivity index (χ0v) is 7.39. The van der Waals surface area contributed by atoms with Gasteiger partial charge in [0.15, 0.2) is 5.06 Å². The molecule has 11 heavy (non-hydrogen) atoms. The van der Waals surface area contributed by atoms with Crippen LogP contribution in [-0.4, -0.2) is 15.3 Å². The quantitative estimate of drug-likeness (QED) is 0.581. The van der Waals surface area contributed by atoms with Crippen LogP contribution in [-0.2, 0) is 0 Å². The van der Waals surface area contributed by atoms with Crippen molar-refractivity contribution in [1.29, 1.82) is 0 Å². The van der Waals surface area contributed by atoms with Gasteiger partial charge in [-0.05, 0) is 12.2 Å². The number of hydrogen-bond donors (Lipinski definition) is 2. The average Bonchev–Trinajstić information content (AvgIpc) is 1.95. The number of allylic oxidation sites excluding steroid dienone is 1. The summed E-state index contributed by atoms with van der Waals surface area (Å²) in [6.07, 6.45) is 2.59. The number of halogens is 2. The Morgan fingerprint density at radius 2 is 2.18 bits per heavy atom. The summed E-state index contributed by atoms with van der Waals surface area (Å²) in [6, 6.07) is 0. The van der Waals surface area contributed by atoms with Crippen molar-refractivity contribution in [3.8, 4) is 0 Å². The Balaban J connectivity index is 3.01. The van der Waals surface area contributed by atoms with Crippen LogP contribution in [0.15, 0.2) is 22.9 Å². The summed E-state index contributed by atoms with van der Waals surface area (Å²) < 4.78 is 0. The minimum Gasteiger partial charge on any atom is -0.507 e. The van der Waals surface area contributed by atoms with Crippen LogP contribution in [0.25, 0.3) is 0 Å². The van der Waals surface area contributed by atoms with Crippen molar-refractivity contribution in [2.75, 3.05) is 0 Å². The molecule has 1 aliphatic rings. The average molecular weight is 195 g/mol.